The van der Waals surface area contributed by atoms with E-state index in [0.717, 1.165) is 0 Å². The number of urea groups is 1. The molecule has 1 aromatic rings. The number of aliphatic hydroxyl groups is 1. The second kappa shape index (κ2) is 7.07. The number of imidazole rings is 1. The molecule has 0 bridgehead atoms. The summed E-state index contributed by atoms with van der Waals surface area (Å²) in [6.45, 7) is 0. The van der Waals surface area contributed by atoms with Gasteiger partial charge in [-0.25, -0.2) is 14.6 Å². The molecule has 8 nitrogen and oxygen atoms in total. The van der Waals surface area contributed by atoms with E-state index in [0.29, 0.717) is 31.4 Å². The third-order valence-corrected chi connectivity index (χ3v) is 3.61. The summed E-state index contributed by atoms with van der Waals surface area (Å²) in [4.78, 5) is 29.7. The summed E-state index contributed by atoms with van der Waals surface area (Å²) in [6, 6.07) is -1.53. The number of aliphatic hydroxyl groups excluding tert-OH is 1. The molecule has 0 aromatic carbocycles. The maximum Gasteiger partial charge on any atom is 0.326 e. The molecule has 116 valence electrons. The zero-order chi connectivity index (χ0) is 15.2. The average molecular weight is 296 g/mol. The number of aliphatic carboxylic acids is 1. The van der Waals surface area contributed by atoms with E-state index in [1.807, 2.05) is 0 Å². The van der Waals surface area contributed by atoms with Crippen molar-refractivity contribution in [3.8, 4) is 0 Å². The van der Waals surface area contributed by atoms with Crippen LogP contribution in [0.15, 0.2) is 12.5 Å². The maximum absolute atomic E-state index is 11.9. The van der Waals surface area contributed by atoms with Crippen molar-refractivity contribution < 1.29 is 19.8 Å². The summed E-state index contributed by atoms with van der Waals surface area (Å²) in [5.41, 5.74) is 0.642. The van der Waals surface area contributed by atoms with Crippen LogP contribution in [0.2, 0.25) is 0 Å². The Hall–Kier alpha value is -2.09. The van der Waals surface area contributed by atoms with E-state index in [4.69, 9.17) is 5.11 Å². The molecule has 0 spiro atoms. The lowest BCUT2D eigenvalue weighted by Crippen LogP contribution is -2.50. The third kappa shape index (κ3) is 4.75. The number of carbonyl (C=O) groups excluding carboxylic acids is 1. The van der Waals surface area contributed by atoms with Crippen LogP contribution in [0.5, 0.6) is 0 Å². The minimum Gasteiger partial charge on any atom is -0.480 e. The first-order valence-electron chi connectivity index (χ1n) is 6.99. The van der Waals surface area contributed by atoms with Crippen molar-refractivity contribution >= 4 is 12.0 Å². The molecule has 1 saturated carbocycles. The molecule has 2 amide bonds. The van der Waals surface area contributed by atoms with Gasteiger partial charge in [0, 0.05) is 24.4 Å². The summed E-state index contributed by atoms with van der Waals surface area (Å²) in [6.07, 6.45) is 5.55. The standard InChI is InChI=1S/C13H20N4O4/c18-10-3-1-8(2-4-10)16-13(21)17-11(12(19)20)5-9-6-14-7-15-9/h6-8,10-11,18H,1-5H2,(H,14,15)(H,19,20)(H2,16,17,21)/t8?,10?,11-/m1/s1. The third-order valence-electron chi connectivity index (χ3n) is 3.61. The van der Waals surface area contributed by atoms with Crippen LogP contribution in [-0.4, -0.2) is 50.4 Å². The number of aromatic amines is 1. The van der Waals surface area contributed by atoms with Crippen LogP contribution < -0.4 is 10.6 Å². The second-order valence-corrected chi connectivity index (χ2v) is 5.30. The highest BCUT2D eigenvalue weighted by atomic mass is 16.4. The van der Waals surface area contributed by atoms with Gasteiger partial charge in [-0.1, -0.05) is 0 Å². The van der Waals surface area contributed by atoms with E-state index in [1.54, 1.807) is 0 Å². The quantitative estimate of drug-likeness (QED) is 0.523. The summed E-state index contributed by atoms with van der Waals surface area (Å²) in [7, 11) is 0. The van der Waals surface area contributed by atoms with E-state index in [9.17, 15) is 14.7 Å². The van der Waals surface area contributed by atoms with Gasteiger partial charge in [-0.05, 0) is 25.7 Å². The fourth-order valence-electron chi connectivity index (χ4n) is 2.42. The maximum atomic E-state index is 11.9. The van der Waals surface area contributed by atoms with Crippen LogP contribution >= 0.6 is 0 Å². The number of aromatic nitrogens is 2. The number of carboxylic acid groups (broad SMARTS) is 1. The Bertz CT molecular complexity index is 469. The zero-order valence-corrected chi connectivity index (χ0v) is 11.6. The lowest BCUT2D eigenvalue weighted by atomic mass is 9.93. The summed E-state index contributed by atoms with van der Waals surface area (Å²) < 4.78 is 0. The van der Waals surface area contributed by atoms with E-state index in [1.165, 1.54) is 12.5 Å². The van der Waals surface area contributed by atoms with Crippen molar-refractivity contribution in [1.82, 2.24) is 20.6 Å². The number of rotatable bonds is 5. The number of hydrogen-bond donors (Lipinski definition) is 5. The zero-order valence-electron chi connectivity index (χ0n) is 11.6. The largest absolute Gasteiger partial charge is 0.480 e. The second-order valence-electron chi connectivity index (χ2n) is 5.30. The molecular formula is C13H20N4O4. The van der Waals surface area contributed by atoms with E-state index < -0.39 is 18.0 Å². The van der Waals surface area contributed by atoms with Gasteiger partial charge in [0.25, 0.3) is 0 Å². The first-order valence-corrected chi connectivity index (χ1v) is 6.99. The summed E-state index contributed by atoms with van der Waals surface area (Å²) in [5.74, 6) is -1.10. The Morgan fingerprint density at radius 1 is 1.38 bits per heavy atom. The highest BCUT2D eigenvalue weighted by Gasteiger charge is 2.24. The molecule has 0 unspecified atom stereocenters. The van der Waals surface area contributed by atoms with Crippen LogP contribution in [0.4, 0.5) is 4.79 Å². The van der Waals surface area contributed by atoms with Crippen molar-refractivity contribution in [2.45, 2.75) is 50.3 Å². The molecule has 21 heavy (non-hydrogen) atoms. The van der Waals surface area contributed by atoms with Crippen molar-refractivity contribution in [3.05, 3.63) is 18.2 Å². The predicted octanol–water partition coefficient (Wildman–Crippen LogP) is 0.00810. The normalized spacial score (nSPS) is 23.3. The molecule has 0 saturated heterocycles. The number of nitrogens with one attached hydrogen (secondary N) is 3. The molecule has 1 heterocycles. The van der Waals surface area contributed by atoms with Gasteiger partial charge in [-0.15, -0.1) is 0 Å². The Labute approximate surface area is 122 Å². The minimum absolute atomic E-state index is 0.0185. The summed E-state index contributed by atoms with van der Waals surface area (Å²) >= 11 is 0. The average Bonchev–Trinajstić information content (AvgIpc) is 2.93. The SMILES string of the molecule is O=C(NC1CCC(O)CC1)N[C@H](Cc1cnc[nH]1)C(=O)O. The number of amides is 2. The molecule has 0 aliphatic heterocycles. The lowest BCUT2D eigenvalue weighted by Gasteiger charge is -2.26. The van der Waals surface area contributed by atoms with Crippen molar-refractivity contribution in [2.75, 3.05) is 0 Å². The van der Waals surface area contributed by atoms with Crippen LogP contribution in [-0.2, 0) is 11.2 Å². The number of H-pyrrole nitrogens is 1. The topological polar surface area (TPSA) is 127 Å². The monoisotopic (exact) mass is 296 g/mol. The molecule has 2 rings (SSSR count). The Morgan fingerprint density at radius 3 is 2.67 bits per heavy atom. The van der Waals surface area contributed by atoms with E-state index in [2.05, 4.69) is 20.6 Å². The molecule has 1 atom stereocenters. The van der Waals surface area contributed by atoms with Crippen LogP contribution in [0, 0.1) is 0 Å². The molecular weight excluding hydrogens is 276 g/mol. The van der Waals surface area contributed by atoms with Crippen molar-refractivity contribution in [1.29, 1.82) is 0 Å². The fourth-order valence-corrected chi connectivity index (χ4v) is 2.42. The van der Waals surface area contributed by atoms with Gasteiger partial charge in [0.05, 0.1) is 12.4 Å². The Morgan fingerprint density at radius 2 is 2.10 bits per heavy atom. The molecule has 0 radical (unpaired) electrons. The number of carboxylic acids is 1. The van der Waals surface area contributed by atoms with Gasteiger partial charge >= 0.3 is 12.0 Å². The molecule has 1 aromatic heterocycles. The van der Waals surface area contributed by atoms with E-state index in [-0.39, 0.29) is 18.6 Å². The molecule has 1 fully saturated rings. The van der Waals surface area contributed by atoms with Gasteiger partial charge in [0.1, 0.15) is 6.04 Å². The van der Waals surface area contributed by atoms with Crippen LogP contribution in [0.3, 0.4) is 0 Å². The highest BCUT2D eigenvalue weighted by molar-refractivity contribution is 5.82. The lowest BCUT2D eigenvalue weighted by molar-refractivity contribution is -0.139. The first-order chi connectivity index (χ1) is 10.0. The van der Waals surface area contributed by atoms with E-state index >= 15 is 0 Å². The minimum atomic E-state index is -1.10. The Kier molecular flexibility index (Phi) is 5.15. The number of carbonyl (C=O) groups is 2. The first kappa shape index (κ1) is 15.3. The number of hydrogen-bond acceptors (Lipinski definition) is 4. The molecule has 1 aliphatic rings. The van der Waals surface area contributed by atoms with Crippen LogP contribution in [0.25, 0.3) is 0 Å². The predicted molar refractivity (Wildman–Crippen MR) is 73.6 cm³/mol. The van der Waals surface area contributed by atoms with Crippen LogP contribution in [0.1, 0.15) is 31.4 Å². The highest BCUT2D eigenvalue weighted by Crippen LogP contribution is 2.18. The van der Waals surface area contributed by atoms with Crippen molar-refractivity contribution in [3.63, 3.8) is 0 Å². The number of nitrogens with zero attached hydrogens (tertiary/aromatic N) is 1. The molecule has 8 heteroatoms. The molecule has 1 aliphatic carbocycles. The van der Waals surface area contributed by atoms with Crippen molar-refractivity contribution in [2.24, 2.45) is 0 Å². The van der Waals surface area contributed by atoms with Gasteiger partial charge in [0.15, 0.2) is 0 Å². The van der Waals surface area contributed by atoms with Gasteiger partial charge in [-0.3, -0.25) is 0 Å². The van der Waals surface area contributed by atoms with Gasteiger partial charge < -0.3 is 25.8 Å². The van der Waals surface area contributed by atoms with Gasteiger partial charge in [0.2, 0.25) is 0 Å². The molecule has 5 N–H and O–H groups in total. The smallest absolute Gasteiger partial charge is 0.326 e. The summed E-state index contributed by atoms with van der Waals surface area (Å²) in [5, 5.41) is 23.8. The Balaban J connectivity index is 1.82. The van der Waals surface area contributed by atoms with Gasteiger partial charge in [-0.2, -0.15) is 0 Å². The fraction of sp³-hybridized carbons (Fsp3) is 0.615.